The van der Waals surface area contributed by atoms with E-state index in [-0.39, 0.29) is 33.0 Å². The highest BCUT2D eigenvalue weighted by Crippen LogP contribution is 2.76. The number of hydrogen-bond donors (Lipinski definition) is 0. The van der Waals surface area contributed by atoms with Gasteiger partial charge in [0.25, 0.3) is 0 Å². The lowest BCUT2D eigenvalue weighted by Gasteiger charge is -2.71. The molecule has 4 heteroatoms. The Morgan fingerprint density at radius 2 is 1.64 bits per heavy atom. The van der Waals surface area contributed by atoms with Crippen LogP contribution in [0.2, 0.25) is 0 Å². The molecule has 4 saturated carbocycles. The third-order valence-corrected chi connectivity index (χ3v) is 13.8. The lowest BCUT2D eigenvalue weighted by Crippen LogP contribution is -2.67. The number of hydrogen-bond acceptors (Lipinski definition) is 4. The number of rotatable bonds is 1. The molecular formula is C32H50O4. The molecule has 5 aliphatic carbocycles. The molecule has 0 radical (unpaired) electrons. The first-order chi connectivity index (χ1) is 16.9. The van der Waals surface area contributed by atoms with E-state index in [0.717, 1.165) is 58.2 Å². The van der Waals surface area contributed by atoms with Crippen molar-refractivity contribution in [3.63, 3.8) is 0 Å². The van der Waals surface area contributed by atoms with Gasteiger partial charge in [-0.3, -0.25) is 4.79 Å². The molecule has 1 heterocycles. The normalized spacial score (nSPS) is 50.8. The minimum absolute atomic E-state index is 0.00807. The predicted octanol–water partition coefficient (Wildman–Crippen LogP) is 7.31. The van der Waals surface area contributed by atoms with Gasteiger partial charge in [-0.05, 0) is 97.7 Å². The summed E-state index contributed by atoms with van der Waals surface area (Å²) in [5, 5.41) is 0. The highest BCUT2D eigenvalue weighted by molar-refractivity contribution is 5.78. The van der Waals surface area contributed by atoms with Crippen LogP contribution in [0.4, 0.5) is 0 Å². The molecule has 0 aromatic carbocycles. The minimum atomic E-state index is -0.395. The van der Waals surface area contributed by atoms with E-state index >= 15 is 0 Å². The van der Waals surface area contributed by atoms with Crippen LogP contribution in [0.3, 0.4) is 0 Å². The van der Waals surface area contributed by atoms with Gasteiger partial charge in [0.05, 0.1) is 25.7 Å². The van der Waals surface area contributed by atoms with Crippen LogP contribution in [-0.4, -0.2) is 32.1 Å². The Hall–Kier alpha value is -0.870. The Kier molecular flexibility index (Phi) is 5.53. The van der Waals surface area contributed by atoms with Crippen LogP contribution in [0.1, 0.15) is 106 Å². The van der Waals surface area contributed by atoms with E-state index in [1.807, 2.05) is 0 Å². The van der Waals surface area contributed by atoms with E-state index in [2.05, 4.69) is 47.6 Å². The maximum atomic E-state index is 13.3. The van der Waals surface area contributed by atoms with Gasteiger partial charge in [-0.1, -0.05) is 53.2 Å². The first kappa shape index (κ1) is 25.4. The molecule has 36 heavy (non-hydrogen) atoms. The van der Waals surface area contributed by atoms with Gasteiger partial charge in [-0.2, -0.15) is 0 Å². The van der Waals surface area contributed by atoms with Crippen LogP contribution in [0, 0.1) is 50.7 Å². The third kappa shape index (κ3) is 2.87. The molecule has 0 aromatic heterocycles. The lowest BCUT2D eigenvalue weighted by atomic mass is 9.33. The second-order valence-corrected chi connectivity index (χ2v) is 15.0. The molecule has 4 nitrogen and oxygen atoms in total. The van der Waals surface area contributed by atoms with Crippen LogP contribution in [0.25, 0.3) is 0 Å². The first-order valence-electron chi connectivity index (χ1n) is 15.0. The van der Waals surface area contributed by atoms with Crippen molar-refractivity contribution in [1.29, 1.82) is 0 Å². The van der Waals surface area contributed by atoms with E-state index in [1.165, 1.54) is 19.3 Å². The summed E-state index contributed by atoms with van der Waals surface area (Å²) in [5.41, 5.74) is 2.02. The number of carbonyl (C=O) groups excluding carboxylic acids is 1. The third-order valence-electron chi connectivity index (χ3n) is 13.8. The molecule has 5 fully saturated rings. The number of ether oxygens (including phenoxy) is 3. The standard InChI is InChI=1S/C32H50O4/c1-21-10-13-31(26(33)34-7)16-15-29(5)22(23(31)20-21)8-9-25-28(4)14-17-32(35-18-19-36-32)27(2,3)24(28)11-12-30(25,29)6/h8,21,23-25H,9-20H2,1-7H3/t21-,23-,24?,25?,28-,29-,30+,31?/m0/s1. The summed E-state index contributed by atoms with van der Waals surface area (Å²) in [6, 6.07) is 0. The van der Waals surface area contributed by atoms with Crippen molar-refractivity contribution in [2.75, 3.05) is 20.3 Å². The van der Waals surface area contributed by atoms with Crippen LogP contribution in [0.5, 0.6) is 0 Å². The van der Waals surface area contributed by atoms with Crippen LogP contribution < -0.4 is 0 Å². The van der Waals surface area contributed by atoms with Crippen molar-refractivity contribution < 1.29 is 19.0 Å². The second kappa shape index (κ2) is 7.84. The Morgan fingerprint density at radius 1 is 0.917 bits per heavy atom. The summed E-state index contributed by atoms with van der Waals surface area (Å²) in [5.74, 6) is 1.94. The molecule has 0 bridgehead atoms. The van der Waals surface area contributed by atoms with Gasteiger partial charge in [0.1, 0.15) is 0 Å². The zero-order chi connectivity index (χ0) is 25.8. The second-order valence-electron chi connectivity index (χ2n) is 15.0. The monoisotopic (exact) mass is 498 g/mol. The fourth-order valence-electron chi connectivity index (χ4n) is 11.6. The molecule has 3 unspecified atom stereocenters. The fourth-order valence-corrected chi connectivity index (χ4v) is 11.6. The molecule has 1 spiro atoms. The van der Waals surface area contributed by atoms with Gasteiger partial charge in [-0.15, -0.1) is 0 Å². The topological polar surface area (TPSA) is 44.8 Å². The van der Waals surface area contributed by atoms with Gasteiger partial charge >= 0.3 is 5.97 Å². The van der Waals surface area contributed by atoms with Gasteiger partial charge < -0.3 is 14.2 Å². The number of esters is 1. The summed E-state index contributed by atoms with van der Waals surface area (Å²) in [6.07, 6.45) is 13.9. The summed E-state index contributed by atoms with van der Waals surface area (Å²) in [4.78, 5) is 13.3. The number of allylic oxidation sites excluding steroid dienone is 2. The Balaban J connectivity index is 1.40. The van der Waals surface area contributed by atoms with E-state index in [9.17, 15) is 4.79 Å². The van der Waals surface area contributed by atoms with Gasteiger partial charge in [0.15, 0.2) is 5.79 Å². The molecule has 0 N–H and O–H groups in total. The lowest BCUT2D eigenvalue weighted by molar-refractivity contribution is -0.307. The van der Waals surface area contributed by atoms with Crippen LogP contribution in [0.15, 0.2) is 11.6 Å². The molecular weight excluding hydrogens is 448 g/mol. The minimum Gasteiger partial charge on any atom is -0.469 e. The largest absolute Gasteiger partial charge is 0.469 e. The molecule has 0 aromatic rings. The zero-order valence-electron chi connectivity index (χ0n) is 24.0. The van der Waals surface area contributed by atoms with Crippen molar-refractivity contribution >= 4 is 5.97 Å². The van der Waals surface area contributed by atoms with Crippen molar-refractivity contribution in [2.24, 2.45) is 50.7 Å². The highest BCUT2D eigenvalue weighted by Gasteiger charge is 2.71. The molecule has 6 rings (SSSR count). The van der Waals surface area contributed by atoms with E-state index in [0.29, 0.717) is 23.7 Å². The average molecular weight is 499 g/mol. The fraction of sp³-hybridized carbons (Fsp3) is 0.906. The van der Waals surface area contributed by atoms with Gasteiger partial charge in [-0.25, -0.2) is 0 Å². The molecule has 1 aliphatic heterocycles. The van der Waals surface area contributed by atoms with Crippen LogP contribution in [-0.2, 0) is 19.0 Å². The molecule has 6 aliphatic rings. The van der Waals surface area contributed by atoms with Gasteiger partial charge in [0, 0.05) is 11.8 Å². The summed E-state index contributed by atoms with van der Waals surface area (Å²) in [7, 11) is 1.60. The quantitative estimate of drug-likeness (QED) is 0.281. The molecule has 202 valence electrons. The van der Waals surface area contributed by atoms with Crippen molar-refractivity contribution in [3.8, 4) is 0 Å². The highest BCUT2D eigenvalue weighted by atomic mass is 16.7. The maximum absolute atomic E-state index is 13.3. The number of fused-ring (bicyclic) bond motifs is 7. The van der Waals surface area contributed by atoms with Crippen molar-refractivity contribution in [1.82, 2.24) is 0 Å². The summed E-state index contributed by atoms with van der Waals surface area (Å²) < 4.78 is 18.3. The number of carbonyl (C=O) groups is 1. The van der Waals surface area contributed by atoms with E-state index < -0.39 is 5.79 Å². The Labute approximate surface area is 219 Å². The Bertz CT molecular complexity index is 961. The molecule has 0 amide bonds. The van der Waals surface area contributed by atoms with Crippen LogP contribution >= 0.6 is 0 Å². The summed E-state index contributed by atoms with van der Waals surface area (Å²) >= 11 is 0. The zero-order valence-corrected chi connectivity index (χ0v) is 24.0. The SMILES string of the molecule is COC(=O)C12CC[C@H](C)C[C@H]1C1=CCC3[C@@]4(C)CCC5(OCCO5)C(C)(C)C4CC[C@@]3(C)[C@@]1(C)CC2. The number of methoxy groups -OCH3 is 1. The maximum Gasteiger partial charge on any atom is 0.312 e. The van der Waals surface area contributed by atoms with Gasteiger partial charge in [0.2, 0.25) is 0 Å². The molecule has 8 atom stereocenters. The van der Waals surface area contributed by atoms with E-state index in [4.69, 9.17) is 14.2 Å². The van der Waals surface area contributed by atoms with Crippen molar-refractivity contribution in [2.45, 2.75) is 112 Å². The smallest absolute Gasteiger partial charge is 0.312 e. The predicted molar refractivity (Wildman–Crippen MR) is 141 cm³/mol. The Morgan fingerprint density at radius 3 is 2.33 bits per heavy atom. The van der Waals surface area contributed by atoms with E-state index in [1.54, 1.807) is 12.7 Å². The van der Waals surface area contributed by atoms with Crippen molar-refractivity contribution in [3.05, 3.63) is 11.6 Å². The first-order valence-corrected chi connectivity index (χ1v) is 15.0. The summed E-state index contributed by atoms with van der Waals surface area (Å²) in [6.45, 7) is 16.6. The average Bonchev–Trinajstić information content (AvgIpc) is 3.33. The molecule has 1 saturated heterocycles.